The Morgan fingerprint density at radius 2 is 1.63 bits per heavy atom. The summed E-state index contributed by atoms with van der Waals surface area (Å²) in [6.07, 6.45) is 1.50. The van der Waals surface area contributed by atoms with Crippen LogP contribution in [0.4, 0.5) is 11.4 Å². The van der Waals surface area contributed by atoms with Gasteiger partial charge in [-0.3, -0.25) is 0 Å². The molecule has 27 heavy (non-hydrogen) atoms. The van der Waals surface area contributed by atoms with Crippen molar-refractivity contribution in [1.29, 1.82) is 10.5 Å². The average Bonchev–Trinajstić information content (AvgIpc) is 2.71. The van der Waals surface area contributed by atoms with Crippen LogP contribution in [0.25, 0.3) is 6.08 Å². The molecule has 0 aliphatic carbocycles. The summed E-state index contributed by atoms with van der Waals surface area (Å²) in [5.74, 6) is -0.347. The van der Waals surface area contributed by atoms with E-state index in [-0.39, 0.29) is 11.5 Å². The topological polar surface area (TPSA) is 98.6 Å². The first-order valence-corrected chi connectivity index (χ1v) is 7.83. The highest BCUT2D eigenvalue weighted by Crippen LogP contribution is 2.24. The van der Waals surface area contributed by atoms with Gasteiger partial charge in [-0.05, 0) is 31.2 Å². The van der Waals surface area contributed by atoms with Crippen LogP contribution in [0.15, 0.2) is 82.6 Å². The van der Waals surface area contributed by atoms with Gasteiger partial charge < -0.3 is 4.74 Å². The maximum Gasteiger partial charge on any atom is 0.332 e. The predicted octanol–water partition coefficient (Wildman–Crippen LogP) is 5.27. The van der Waals surface area contributed by atoms with E-state index in [1.54, 1.807) is 19.1 Å². The Balaban J connectivity index is 0.000000445. The highest BCUT2D eigenvalue weighted by Gasteiger charge is 2.00. The maximum absolute atomic E-state index is 10.2. The minimum absolute atomic E-state index is 0.0346. The zero-order valence-corrected chi connectivity index (χ0v) is 15.1. The predicted molar refractivity (Wildman–Crippen MR) is 103 cm³/mol. The van der Waals surface area contributed by atoms with E-state index in [1.807, 2.05) is 54.6 Å². The van der Waals surface area contributed by atoms with Crippen LogP contribution in [0, 0.1) is 22.7 Å². The van der Waals surface area contributed by atoms with E-state index in [9.17, 15) is 4.79 Å². The molecule has 2 aromatic rings. The van der Waals surface area contributed by atoms with Gasteiger partial charge in [0, 0.05) is 11.1 Å². The van der Waals surface area contributed by atoms with E-state index >= 15 is 0 Å². The lowest BCUT2D eigenvalue weighted by Crippen LogP contribution is -1.98. The standard InChI is InChI=1S/C16H10N4.C5H8O2/c17-11-13(12-18)10-14-6-4-5-9-16(14)20-19-15-7-2-1-3-8-15;1-4(2)5(6)7-3/h1-10H;1H2,2-3H3. The number of azo groups is 1. The first kappa shape index (κ1) is 21.0. The Kier molecular flexibility index (Phi) is 8.96. The summed E-state index contributed by atoms with van der Waals surface area (Å²) in [4.78, 5) is 10.2. The van der Waals surface area contributed by atoms with Crippen molar-refractivity contribution in [2.75, 3.05) is 7.11 Å². The third kappa shape index (κ3) is 7.59. The Morgan fingerprint density at radius 3 is 2.15 bits per heavy atom. The van der Waals surface area contributed by atoms with Crippen molar-refractivity contribution in [3.8, 4) is 12.1 Å². The van der Waals surface area contributed by atoms with Crippen LogP contribution in [0.3, 0.4) is 0 Å². The van der Waals surface area contributed by atoms with E-state index < -0.39 is 0 Å². The van der Waals surface area contributed by atoms with Crippen molar-refractivity contribution in [3.05, 3.63) is 77.9 Å². The van der Waals surface area contributed by atoms with Crippen molar-refractivity contribution in [2.24, 2.45) is 10.2 Å². The van der Waals surface area contributed by atoms with Crippen molar-refractivity contribution >= 4 is 23.4 Å². The fourth-order valence-electron chi connectivity index (χ4n) is 1.73. The van der Waals surface area contributed by atoms with Gasteiger partial charge in [-0.25, -0.2) is 4.79 Å². The third-order valence-electron chi connectivity index (χ3n) is 3.04. The molecule has 0 heterocycles. The molecule has 0 saturated heterocycles. The van der Waals surface area contributed by atoms with Crippen LogP contribution in [0.1, 0.15) is 12.5 Å². The van der Waals surface area contributed by atoms with Gasteiger partial charge in [0.2, 0.25) is 0 Å². The van der Waals surface area contributed by atoms with Gasteiger partial charge >= 0.3 is 5.97 Å². The normalized spacial score (nSPS) is 9.19. The lowest BCUT2D eigenvalue weighted by Gasteiger charge is -1.98. The number of ether oxygens (including phenoxy) is 1. The first-order valence-electron chi connectivity index (χ1n) is 7.83. The molecule has 0 atom stereocenters. The highest BCUT2D eigenvalue weighted by atomic mass is 16.5. The number of nitriles is 2. The molecular formula is C21H18N4O2. The Morgan fingerprint density at radius 1 is 1.04 bits per heavy atom. The summed E-state index contributed by atoms with van der Waals surface area (Å²) in [7, 11) is 1.33. The zero-order valence-electron chi connectivity index (χ0n) is 15.1. The fourth-order valence-corrected chi connectivity index (χ4v) is 1.73. The van der Waals surface area contributed by atoms with Crippen LogP contribution in [-0.2, 0) is 9.53 Å². The number of allylic oxidation sites excluding steroid dienone is 1. The largest absolute Gasteiger partial charge is 0.466 e. The van der Waals surface area contributed by atoms with E-state index in [1.165, 1.54) is 13.2 Å². The second kappa shape index (κ2) is 11.5. The summed E-state index contributed by atoms with van der Waals surface area (Å²) in [6, 6.07) is 20.2. The molecule has 134 valence electrons. The monoisotopic (exact) mass is 358 g/mol. The second-order valence-corrected chi connectivity index (χ2v) is 5.15. The van der Waals surface area contributed by atoms with Crippen molar-refractivity contribution in [3.63, 3.8) is 0 Å². The zero-order chi connectivity index (χ0) is 20.1. The molecule has 0 aromatic heterocycles. The number of carbonyl (C=O) groups excluding carboxylic acids is 1. The molecule has 0 aliphatic heterocycles. The van der Waals surface area contributed by atoms with Crippen LogP contribution < -0.4 is 0 Å². The van der Waals surface area contributed by atoms with Crippen molar-refractivity contribution in [2.45, 2.75) is 6.92 Å². The summed E-state index contributed by atoms with van der Waals surface area (Å²) in [5.41, 5.74) is 2.51. The molecule has 2 rings (SSSR count). The van der Waals surface area contributed by atoms with E-state index in [0.29, 0.717) is 16.8 Å². The number of benzene rings is 2. The lowest BCUT2D eigenvalue weighted by atomic mass is 10.1. The SMILES string of the molecule is C=C(C)C(=O)OC.N#CC(C#N)=Cc1ccccc1N=Nc1ccccc1. The van der Waals surface area contributed by atoms with Gasteiger partial charge in [-0.2, -0.15) is 15.6 Å². The van der Waals surface area contributed by atoms with Crippen molar-refractivity contribution in [1.82, 2.24) is 0 Å². The molecule has 6 nitrogen and oxygen atoms in total. The Bertz CT molecular complexity index is 917. The Hall–Kier alpha value is -4.03. The van der Waals surface area contributed by atoms with Crippen LogP contribution >= 0.6 is 0 Å². The smallest absolute Gasteiger partial charge is 0.332 e. The third-order valence-corrected chi connectivity index (χ3v) is 3.04. The molecule has 0 saturated carbocycles. The summed E-state index contributed by atoms with van der Waals surface area (Å²) >= 11 is 0. The highest BCUT2D eigenvalue weighted by molar-refractivity contribution is 5.86. The van der Waals surface area contributed by atoms with Gasteiger partial charge in [0.15, 0.2) is 0 Å². The van der Waals surface area contributed by atoms with Crippen LogP contribution in [0.2, 0.25) is 0 Å². The van der Waals surface area contributed by atoms with Gasteiger partial charge in [-0.15, -0.1) is 5.11 Å². The number of esters is 1. The molecule has 0 amide bonds. The van der Waals surface area contributed by atoms with E-state index in [4.69, 9.17) is 10.5 Å². The number of nitrogens with zero attached hydrogens (tertiary/aromatic N) is 4. The minimum Gasteiger partial charge on any atom is -0.466 e. The van der Waals surface area contributed by atoms with Crippen molar-refractivity contribution < 1.29 is 9.53 Å². The molecule has 0 fully saturated rings. The van der Waals surface area contributed by atoms with Crippen LogP contribution in [-0.4, -0.2) is 13.1 Å². The Labute approximate surface area is 158 Å². The fraction of sp³-hybridized carbons (Fsp3) is 0.0952. The number of hydrogen-bond acceptors (Lipinski definition) is 6. The molecule has 0 N–H and O–H groups in total. The minimum atomic E-state index is -0.347. The summed E-state index contributed by atoms with van der Waals surface area (Å²) in [6.45, 7) is 4.95. The number of hydrogen-bond donors (Lipinski definition) is 0. The van der Waals surface area contributed by atoms with Gasteiger partial charge in [0.25, 0.3) is 0 Å². The summed E-state index contributed by atoms with van der Waals surface area (Å²) in [5, 5.41) is 25.9. The van der Waals surface area contributed by atoms with E-state index in [0.717, 1.165) is 5.69 Å². The molecule has 0 spiro atoms. The molecule has 2 aromatic carbocycles. The number of rotatable bonds is 4. The van der Waals surface area contributed by atoms with Gasteiger partial charge in [0.05, 0.1) is 18.5 Å². The molecule has 6 heteroatoms. The molecule has 0 radical (unpaired) electrons. The van der Waals surface area contributed by atoms with Gasteiger partial charge in [0.1, 0.15) is 17.7 Å². The molecule has 0 aliphatic rings. The van der Waals surface area contributed by atoms with Gasteiger partial charge in [-0.1, -0.05) is 43.0 Å². The molecular weight excluding hydrogens is 340 g/mol. The van der Waals surface area contributed by atoms with E-state index in [2.05, 4.69) is 21.5 Å². The lowest BCUT2D eigenvalue weighted by molar-refractivity contribution is -0.136. The quantitative estimate of drug-likeness (QED) is 0.322. The first-order chi connectivity index (χ1) is 13.0. The number of methoxy groups -OCH3 is 1. The maximum atomic E-state index is 10.2. The summed E-state index contributed by atoms with van der Waals surface area (Å²) < 4.78 is 4.27. The molecule has 0 bridgehead atoms. The average molecular weight is 358 g/mol. The number of carbonyl (C=O) groups is 1. The van der Waals surface area contributed by atoms with Crippen LogP contribution in [0.5, 0.6) is 0 Å². The second-order valence-electron chi connectivity index (χ2n) is 5.15. The molecule has 0 unspecified atom stereocenters.